The number of likely N-dealkylation sites (tertiary alicyclic amines) is 1. The second-order valence-electron chi connectivity index (χ2n) is 5.05. The van der Waals surface area contributed by atoms with Crippen LogP contribution in [-0.2, 0) is 4.79 Å². The van der Waals surface area contributed by atoms with Crippen LogP contribution >= 0.6 is 0 Å². The number of nitrogens with one attached hydrogen (secondary N) is 2. The number of amides is 1. The first-order valence-corrected chi connectivity index (χ1v) is 6.84. The van der Waals surface area contributed by atoms with Crippen LogP contribution in [0.15, 0.2) is 12.3 Å². The Bertz CT molecular complexity index is 554. The summed E-state index contributed by atoms with van der Waals surface area (Å²) in [6.07, 6.45) is 3.81. The lowest BCUT2D eigenvalue weighted by atomic mass is 10.0. The Labute approximate surface area is 121 Å². The van der Waals surface area contributed by atoms with Crippen LogP contribution in [0.25, 0.3) is 0 Å². The maximum absolute atomic E-state index is 12.2. The number of carbonyl (C=O) groups is 2. The molecule has 0 aliphatic carbocycles. The molecule has 2 heterocycles. The van der Waals surface area contributed by atoms with Crippen molar-refractivity contribution in [3.8, 4) is 0 Å². The fourth-order valence-electron chi connectivity index (χ4n) is 2.56. The van der Waals surface area contributed by atoms with Gasteiger partial charge in [0.15, 0.2) is 5.78 Å². The third-order valence-electron chi connectivity index (χ3n) is 3.69. The molecular formula is C13H18N4O4. The zero-order chi connectivity index (χ0) is 15.4. The Morgan fingerprint density at radius 2 is 2.29 bits per heavy atom. The highest BCUT2D eigenvalue weighted by Crippen LogP contribution is 2.19. The number of hydrogen-bond acceptors (Lipinski definition) is 5. The summed E-state index contributed by atoms with van der Waals surface area (Å²) in [7, 11) is 1.57. The van der Waals surface area contributed by atoms with Gasteiger partial charge < -0.3 is 10.3 Å². The molecule has 2 rings (SSSR count). The monoisotopic (exact) mass is 294 g/mol. The Balaban J connectivity index is 2.05. The summed E-state index contributed by atoms with van der Waals surface area (Å²) in [5, 5.41) is 13.2. The topological polar surface area (TPSA) is 108 Å². The van der Waals surface area contributed by atoms with Crippen LogP contribution in [0, 0.1) is 10.1 Å². The van der Waals surface area contributed by atoms with Gasteiger partial charge in [-0.1, -0.05) is 6.42 Å². The summed E-state index contributed by atoms with van der Waals surface area (Å²) in [5.41, 5.74) is 0.0581. The summed E-state index contributed by atoms with van der Waals surface area (Å²) in [5.74, 6) is -0.348. The van der Waals surface area contributed by atoms with Crippen LogP contribution in [-0.4, -0.2) is 52.7 Å². The number of nitro groups is 1. The molecule has 1 fully saturated rings. The van der Waals surface area contributed by atoms with E-state index < -0.39 is 4.92 Å². The molecule has 1 aliphatic rings. The average molecular weight is 294 g/mol. The van der Waals surface area contributed by atoms with Crippen LogP contribution in [0.2, 0.25) is 0 Å². The van der Waals surface area contributed by atoms with Crippen LogP contribution in [0.3, 0.4) is 0 Å². The predicted molar refractivity (Wildman–Crippen MR) is 75.1 cm³/mol. The Morgan fingerprint density at radius 1 is 1.52 bits per heavy atom. The molecule has 2 N–H and O–H groups in total. The number of hydrogen-bond donors (Lipinski definition) is 2. The first kappa shape index (κ1) is 15.2. The van der Waals surface area contributed by atoms with Crippen molar-refractivity contribution in [1.29, 1.82) is 0 Å². The number of H-pyrrole nitrogens is 1. The maximum Gasteiger partial charge on any atom is 0.287 e. The van der Waals surface area contributed by atoms with E-state index in [-0.39, 0.29) is 35.7 Å². The van der Waals surface area contributed by atoms with Crippen molar-refractivity contribution in [2.45, 2.75) is 25.3 Å². The van der Waals surface area contributed by atoms with Gasteiger partial charge in [0.1, 0.15) is 0 Å². The largest absolute Gasteiger partial charge is 0.358 e. The van der Waals surface area contributed by atoms with Gasteiger partial charge >= 0.3 is 0 Å². The molecule has 114 valence electrons. The van der Waals surface area contributed by atoms with Gasteiger partial charge in [-0.15, -0.1) is 0 Å². The molecule has 8 heteroatoms. The summed E-state index contributed by atoms with van der Waals surface area (Å²) in [6.45, 7) is 0.752. The molecule has 0 spiro atoms. The molecule has 0 aromatic carbocycles. The maximum atomic E-state index is 12.2. The fourth-order valence-corrected chi connectivity index (χ4v) is 2.56. The first-order chi connectivity index (χ1) is 10.0. The minimum absolute atomic E-state index is 0.0791. The summed E-state index contributed by atoms with van der Waals surface area (Å²) in [4.78, 5) is 38.5. The molecular weight excluding hydrogens is 276 g/mol. The summed E-state index contributed by atoms with van der Waals surface area (Å²) >= 11 is 0. The van der Waals surface area contributed by atoms with Gasteiger partial charge in [0.05, 0.1) is 29.4 Å². The van der Waals surface area contributed by atoms with Crippen molar-refractivity contribution >= 4 is 17.4 Å². The van der Waals surface area contributed by atoms with E-state index in [0.717, 1.165) is 19.3 Å². The van der Waals surface area contributed by atoms with Gasteiger partial charge in [-0.3, -0.25) is 24.6 Å². The molecule has 0 radical (unpaired) electrons. The highest BCUT2D eigenvalue weighted by molar-refractivity contribution is 5.97. The molecule has 1 aliphatic heterocycles. The van der Waals surface area contributed by atoms with Crippen molar-refractivity contribution in [3.63, 3.8) is 0 Å². The molecule has 1 unspecified atom stereocenters. The molecule has 0 saturated carbocycles. The lowest BCUT2D eigenvalue weighted by Crippen LogP contribution is -2.50. The van der Waals surface area contributed by atoms with Gasteiger partial charge in [0.25, 0.3) is 5.69 Å². The zero-order valence-electron chi connectivity index (χ0n) is 11.8. The Kier molecular flexibility index (Phi) is 4.69. The van der Waals surface area contributed by atoms with Crippen molar-refractivity contribution in [2.75, 3.05) is 20.1 Å². The smallest absolute Gasteiger partial charge is 0.287 e. The number of aromatic nitrogens is 1. The number of nitrogens with zero attached hydrogens (tertiary/aromatic N) is 2. The zero-order valence-corrected chi connectivity index (χ0v) is 11.8. The van der Waals surface area contributed by atoms with Crippen LogP contribution in [0.4, 0.5) is 5.69 Å². The SMILES string of the molecule is CNC(=O)C1CCCCN1CC(=O)c1cc([N+](=O)[O-])c[nH]1. The second-order valence-corrected chi connectivity index (χ2v) is 5.05. The van der Waals surface area contributed by atoms with Crippen molar-refractivity contribution < 1.29 is 14.5 Å². The Morgan fingerprint density at radius 3 is 2.90 bits per heavy atom. The van der Waals surface area contributed by atoms with E-state index in [1.165, 1.54) is 12.3 Å². The van der Waals surface area contributed by atoms with E-state index in [2.05, 4.69) is 10.3 Å². The van der Waals surface area contributed by atoms with E-state index in [4.69, 9.17) is 0 Å². The molecule has 1 saturated heterocycles. The van der Waals surface area contributed by atoms with Crippen LogP contribution in [0.5, 0.6) is 0 Å². The average Bonchev–Trinajstić information content (AvgIpc) is 2.97. The van der Waals surface area contributed by atoms with E-state index in [1.807, 2.05) is 4.90 Å². The third-order valence-corrected chi connectivity index (χ3v) is 3.69. The van der Waals surface area contributed by atoms with Crippen molar-refractivity contribution in [3.05, 3.63) is 28.1 Å². The number of aromatic amines is 1. The van der Waals surface area contributed by atoms with Gasteiger partial charge in [-0.05, 0) is 19.4 Å². The fraction of sp³-hybridized carbons (Fsp3) is 0.538. The molecule has 21 heavy (non-hydrogen) atoms. The number of ketones is 1. The highest BCUT2D eigenvalue weighted by Gasteiger charge is 2.30. The summed E-state index contributed by atoms with van der Waals surface area (Å²) in [6, 6.07) is 0.916. The quantitative estimate of drug-likeness (QED) is 0.472. The number of rotatable bonds is 5. The molecule has 1 amide bonds. The number of Topliss-reactive ketones (excluding diaryl/α,β-unsaturated/α-hetero) is 1. The van der Waals surface area contributed by atoms with Crippen molar-refractivity contribution in [1.82, 2.24) is 15.2 Å². The first-order valence-electron chi connectivity index (χ1n) is 6.84. The van der Waals surface area contributed by atoms with Gasteiger partial charge in [0, 0.05) is 13.1 Å². The number of piperidine rings is 1. The van der Waals surface area contributed by atoms with E-state index in [9.17, 15) is 19.7 Å². The third kappa shape index (κ3) is 3.46. The van der Waals surface area contributed by atoms with Gasteiger partial charge in [-0.25, -0.2) is 0 Å². The summed E-state index contributed by atoms with van der Waals surface area (Å²) < 4.78 is 0. The minimum Gasteiger partial charge on any atom is -0.358 e. The van der Waals surface area contributed by atoms with Crippen molar-refractivity contribution in [2.24, 2.45) is 0 Å². The van der Waals surface area contributed by atoms with Gasteiger partial charge in [0.2, 0.25) is 5.91 Å². The number of likely N-dealkylation sites (N-methyl/N-ethyl adjacent to an activating group) is 1. The normalized spacial score (nSPS) is 19.2. The minimum atomic E-state index is -0.554. The van der Waals surface area contributed by atoms with Crippen LogP contribution in [0.1, 0.15) is 29.8 Å². The van der Waals surface area contributed by atoms with E-state index in [0.29, 0.717) is 6.54 Å². The Hall–Kier alpha value is -2.22. The molecule has 0 bridgehead atoms. The van der Waals surface area contributed by atoms with Gasteiger partial charge in [-0.2, -0.15) is 0 Å². The lowest BCUT2D eigenvalue weighted by molar-refractivity contribution is -0.384. The molecule has 1 aromatic rings. The van der Waals surface area contributed by atoms with Crippen LogP contribution < -0.4 is 5.32 Å². The molecule has 8 nitrogen and oxygen atoms in total. The van der Waals surface area contributed by atoms with E-state index >= 15 is 0 Å². The lowest BCUT2D eigenvalue weighted by Gasteiger charge is -2.33. The number of carbonyl (C=O) groups excluding carboxylic acids is 2. The highest BCUT2D eigenvalue weighted by atomic mass is 16.6. The standard InChI is InChI=1S/C13H18N4O4/c1-14-13(19)11-4-2-3-5-16(11)8-12(18)10-6-9(7-15-10)17(20)21/h6-7,11,15H,2-5,8H2,1H3,(H,14,19). The van der Waals surface area contributed by atoms with E-state index in [1.54, 1.807) is 7.05 Å². The molecule has 1 atom stereocenters. The molecule has 1 aromatic heterocycles. The second kappa shape index (κ2) is 6.49. The predicted octanol–water partition coefficient (Wildman–Crippen LogP) is 0.706.